The number of rotatable bonds is 2. The van der Waals surface area contributed by atoms with Gasteiger partial charge in [0.25, 0.3) is 0 Å². The van der Waals surface area contributed by atoms with Gasteiger partial charge in [-0.15, -0.1) is 10.2 Å². The first-order chi connectivity index (χ1) is 11.7. The van der Waals surface area contributed by atoms with Gasteiger partial charge in [-0.2, -0.15) is 0 Å². The molecular formula is C18H18FN5. The van der Waals surface area contributed by atoms with E-state index in [4.69, 9.17) is 0 Å². The highest BCUT2D eigenvalue weighted by Crippen LogP contribution is 2.53. The summed E-state index contributed by atoms with van der Waals surface area (Å²) in [5.74, 6) is 1.68. The highest BCUT2D eigenvalue weighted by Gasteiger charge is 2.43. The van der Waals surface area contributed by atoms with Crippen LogP contribution in [0.15, 0.2) is 36.8 Å². The van der Waals surface area contributed by atoms with Crippen LogP contribution in [0.2, 0.25) is 0 Å². The van der Waals surface area contributed by atoms with Crippen molar-refractivity contribution in [3.8, 4) is 17.2 Å². The average Bonchev–Trinajstić information content (AvgIpc) is 3.07. The Bertz CT molecular complexity index is 889. The summed E-state index contributed by atoms with van der Waals surface area (Å²) in [5, 5.41) is 8.86. The van der Waals surface area contributed by atoms with Crippen molar-refractivity contribution in [2.45, 2.75) is 38.6 Å². The second-order valence-electron chi connectivity index (χ2n) is 6.97. The molecule has 0 N–H and O–H groups in total. The fourth-order valence-corrected chi connectivity index (χ4v) is 3.74. The number of aromatic nitrogens is 5. The Kier molecular flexibility index (Phi) is 2.89. The Morgan fingerprint density at radius 2 is 1.83 bits per heavy atom. The first kappa shape index (κ1) is 13.9. The van der Waals surface area contributed by atoms with Gasteiger partial charge < -0.3 is 4.57 Å². The fourth-order valence-electron chi connectivity index (χ4n) is 3.74. The molecule has 6 heteroatoms. The van der Waals surface area contributed by atoms with E-state index in [1.807, 2.05) is 4.57 Å². The number of halogens is 1. The van der Waals surface area contributed by atoms with Gasteiger partial charge in [0.05, 0.1) is 12.5 Å². The number of fused-ring (bicyclic) bond motifs is 1. The zero-order valence-corrected chi connectivity index (χ0v) is 13.3. The predicted molar refractivity (Wildman–Crippen MR) is 87.1 cm³/mol. The molecule has 1 aromatic carbocycles. The number of aryl methyl sites for hydroxylation is 1. The van der Waals surface area contributed by atoms with Crippen molar-refractivity contribution in [3.63, 3.8) is 0 Å². The van der Waals surface area contributed by atoms with Gasteiger partial charge in [0.15, 0.2) is 5.82 Å². The third kappa shape index (κ3) is 2.17. The average molecular weight is 323 g/mol. The second kappa shape index (κ2) is 5.00. The second-order valence-corrected chi connectivity index (χ2v) is 6.97. The molecule has 5 nitrogen and oxygen atoms in total. The van der Waals surface area contributed by atoms with Gasteiger partial charge in [-0.1, -0.05) is 0 Å². The van der Waals surface area contributed by atoms with Crippen molar-refractivity contribution in [1.82, 2.24) is 24.3 Å². The van der Waals surface area contributed by atoms with Crippen LogP contribution < -0.4 is 0 Å². The molecule has 0 unspecified atom stereocenters. The fraction of sp³-hybridized carbons (Fsp3) is 0.389. The van der Waals surface area contributed by atoms with Gasteiger partial charge in [0, 0.05) is 18.7 Å². The van der Waals surface area contributed by atoms with E-state index in [0.717, 1.165) is 36.0 Å². The summed E-state index contributed by atoms with van der Waals surface area (Å²) in [5.41, 5.74) is 2.33. The lowest BCUT2D eigenvalue weighted by atomic mass is 9.97. The summed E-state index contributed by atoms with van der Waals surface area (Å²) in [7, 11) is 0. The van der Waals surface area contributed by atoms with E-state index in [2.05, 4.69) is 19.7 Å². The SMILES string of the molecule is Fc1ccc(-n2cncc2-c2nnc3n2CCC2(CC3)CC2)cc1. The highest BCUT2D eigenvalue weighted by atomic mass is 19.1. The van der Waals surface area contributed by atoms with Crippen LogP contribution in [0.1, 0.15) is 31.5 Å². The summed E-state index contributed by atoms with van der Waals surface area (Å²) < 4.78 is 17.4. The maximum Gasteiger partial charge on any atom is 0.182 e. The van der Waals surface area contributed by atoms with Gasteiger partial charge in [0.2, 0.25) is 0 Å². The maximum absolute atomic E-state index is 13.2. The normalized spacial score (nSPS) is 18.4. The van der Waals surface area contributed by atoms with E-state index in [-0.39, 0.29) is 5.82 Å². The largest absolute Gasteiger partial charge is 0.310 e. The molecule has 122 valence electrons. The number of imidazole rings is 1. The van der Waals surface area contributed by atoms with Gasteiger partial charge >= 0.3 is 0 Å². The molecule has 0 amide bonds. The predicted octanol–water partition coefficient (Wildman–Crippen LogP) is 3.39. The molecule has 1 aliphatic carbocycles. The van der Waals surface area contributed by atoms with Crippen LogP contribution in [-0.2, 0) is 13.0 Å². The molecule has 1 aliphatic heterocycles. The molecule has 24 heavy (non-hydrogen) atoms. The smallest absolute Gasteiger partial charge is 0.182 e. The third-order valence-electron chi connectivity index (χ3n) is 5.50. The molecule has 5 rings (SSSR count). The van der Waals surface area contributed by atoms with E-state index in [1.165, 1.54) is 37.8 Å². The summed E-state index contributed by atoms with van der Waals surface area (Å²) in [6.07, 6.45) is 9.68. The maximum atomic E-state index is 13.2. The monoisotopic (exact) mass is 323 g/mol. The van der Waals surface area contributed by atoms with Crippen molar-refractivity contribution in [1.29, 1.82) is 0 Å². The lowest BCUT2D eigenvalue weighted by molar-refractivity contribution is 0.425. The van der Waals surface area contributed by atoms with Crippen LogP contribution in [-0.4, -0.2) is 24.3 Å². The number of benzene rings is 1. The zero-order valence-electron chi connectivity index (χ0n) is 13.3. The molecule has 0 radical (unpaired) electrons. The molecule has 0 bridgehead atoms. The van der Waals surface area contributed by atoms with Gasteiger partial charge in [-0.05, 0) is 55.4 Å². The van der Waals surface area contributed by atoms with Gasteiger partial charge in [-0.25, -0.2) is 9.37 Å². The minimum Gasteiger partial charge on any atom is -0.310 e. The van der Waals surface area contributed by atoms with Crippen LogP contribution in [0.4, 0.5) is 4.39 Å². The Morgan fingerprint density at radius 3 is 2.62 bits per heavy atom. The van der Waals surface area contributed by atoms with Gasteiger partial charge in [0.1, 0.15) is 17.3 Å². The molecule has 2 aliphatic rings. The van der Waals surface area contributed by atoms with E-state index in [9.17, 15) is 4.39 Å². The Labute approximate surface area is 139 Å². The summed E-state index contributed by atoms with van der Waals surface area (Å²) >= 11 is 0. The van der Waals surface area contributed by atoms with E-state index in [0.29, 0.717) is 5.41 Å². The van der Waals surface area contributed by atoms with Crippen molar-refractivity contribution in [2.24, 2.45) is 5.41 Å². The van der Waals surface area contributed by atoms with Crippen LogP contribution in [0.3, 0.4) is 0 Å². The third-order valence-corrected chi connectivity index (χ3v) is 5.50. The molecule has 3 heterocycles. The van der Waals surface area contributed by atoms with Crippen LogP contribution >= 0.6 is 0 Å². The summed E-state index contributed by atoms with van der Waals surface area (Å²) in [6, 6.07) is 6.42. The minimum absolute atomic E-state index is 0.244. The van der Waals surface area contributed by atoms with Crippen LogP contribution in [0.5, 0.6) is 0 Å². The minimum atomic E-state index is -0.244. The lowest BCUT2D eigenvalue weighted by Crippen LogP contribution is -2.07. The van der Waals surface area contributed by atoms with Crippen molar-refractivity contribution < 1.29 is 4.39 Å². The van der Waals surface area contributed by atoms with E-state index < -0.39 is 0 Å². The van der Waals surface area contributed by atoms with Gasteiger partial charge in [-0.3, -0.25) is 4.57 Å². The van der Waals surface area contributed by atoms with E-state index >= 15 is 0 Å². The molecular weight excluding hydrogens is 305 g/mol. The molecule has 0 saturated heterocycles. The Hall–Kier alpha value is -2.50. The molecule has 3 aromatic rings. The van der Waals surface area contributed by atoms with Crippen molar-refractivity contribution >= 4 is 0 Å². The first-order valence-electron chi connectivity index (χ1n) is 8.45. The van der Waals surface area contributed by atoms with Crippen molar-refractivity contribution in [2.75, 3.05) is 0 Å². The zero-order chi connectivity index (χ0) is 16.1. The van der Waals surface area contributed by atoms with Crippen LogP contribution in [0.25, 0.3) is 17.2 Å². The summed E-state index contributed by atoms with van der Waals surface area (Å²) in [6.45, 7) is 0.965. The first-order valence-corrected chi connectivity index (χ1v) is 8.45. The molecule has 1 fully saturated rings. The standard InChI is InChI=1S/C18H18FN5/c19-13-1-3-14(4-2-13)24-12-20-11-15(24)17-22-21-16-5-6-18(7-8-18)9-10-23(16)17/h1-4,11-12H,5-10H2. The number of nitrogens with zero attached hydrogens (tertiary/aromatic N) is 5. The molecule has 2 aromatic heterocycles. The lowest BCUT2D eigenvalue weighted by Gasteiger charge is -2.12. The number of hydrogen-bond acceptors (Lipinski definition) is 3. The molecule has 1 saturated carbocycles. The summed E-state index contributed by atoms with van der Waals surface area (Å²) in [4.78, 5) is 4.28. The van der Waals surface area contributed by atoms with E-state index in [1.54, 1.807) is 24.7 Å². The van der Waals surface area contributed by atoms with Crippen LogP contribution in [0, 0.1) is 11.2 Å². The molecule has 0 atom stereocenters. The molecule has 1 spiro atoms. The topological polar surface area (TPSA) is 48.5 Å². The number of hydrogen-bond donors (Lipinski definition) is 0. The Morgan fingerprint density at radius 1 is 1.00 bits per heavy atom. The Balaban J connectivity index is 1.56. The highest BCUT2D eigenvalue weighted by molar-refractivity contribution is 5.54. The quantitative estimate of drug-likeness (QED) is 0.726. The van der Waals surface area contributed by atoms with Crippen molar-refractivity contribution in [3.05, 3.63) is 48.4 Å².